The van der Waals surface area contributed by atoms with Crippen molar-refractivity contribution in [3.8, 4) is 5.75 Å². The van der Waals surface area contributed by atoms with E-state index in [-0.39, 0.29) is 29.8 Å². The Morgan fingerprint density at radius 3 is 2.76 bits per heavy atom. The first-order valence-electron chi connectivity index (χ1n) is 11.7. The summed E-state index contributed by atoms with van der Waals surface area (Å²) in [5.41, 5.74) is 3.15. The lowest BCUT2D eigenvalue weighted by molar-refractivity contribution is -0.135. The molecular formula is C26H33ClN2O4. The van der Waals surface area contributed by atoms with Gasteiger partial charge in [0.15, 0.2) is 0 Å². The summed E-state index contributed by atoms with van der Waals surface area (Å²) in [6, 6.07) is 13.3. The number of hydrogen-bond donors (Lipinski definition) is 2. The number of piperidine rings is 1. The van der Waals surface area contributed by atoms with E-state index in [0.29, 0.717) is 37.6 Å². The standard InChI is InChI=1S/C26H33ClN2O4/c1-28(11-4-14-30)25(32)21(15-20-16-22(31)7-8-24(20)27)17-29-12-9-26(10-13-29)23-6-3-2-5-19(23)18-33-26/h2-3,5-8,16,21,30-31H,4,9-15,17-18H2,1H3. The minimum absolute atomic E-state index is 0.0330. The van der Waals surface area contributed by atoms with Gasteiger partial charge in [0.25, 0.3) is 0 Å². The van der Waals surface area contributed by atoms with Gasteiger partial charge in [0.2, 0.25) is 5.91 Å². The van der Waals surface area contributed by atoms with Crippen molar-refractivity contribution in [1.82, 2.24) is 9.80 Å². The van der Waals surface area contributed by atoms with Gasteiger partial charge in [0.1, 0.15) is 5.75 Å². The minimum atomic E-state index is -0.293. The Hall–Kier alpha value is -2.12. The average Bonchev–Trinajstić information content (AvgIpc) is 3.18. The highest BCUT2D eigenvalue weighted by molar-refractivity contribution is 6.31. The summed E-state index contributed by atoms with van der Waals surface area (Å²) in [5.74, 6) is -0.115. The van der Waals surface area contributed by atoms with E-state index in [4.69, 9.17) is 21.4 Å². The van der Waals surface area contributed by atoms with Crippen molar-refractivity contribution in [2.45, 2.75) is 37.9 Å². The summed E-state index contributed by atoms with van der Waals surface area (Å²) in [4.78, 5) is 17.4. The first kappa shape index (κ1) is 24.0. The lowest BCUT2D eigenvalue weighted by Gasteiger charge is -2.40. The number of aliphatic hydroxyl groups is 1. The van der Waals surface area contributed by atoms with Crippen LogP contribution < -0.4 is 0 Å². The van der Waals surface area contributed by atoms with Crippen molar-refractivity contribution in [3.05, 3.63) is 64.2 Å². The van der Waals surface area contributed by atoms with E-state index in [1.54, 1.807) is 30.1 Å². The fourth-order valence-electron chi connectivity index (χ4n) is 5.15. The SMILES string of the molecule is CN(CCCO)C(=O)C(Cc1cc(O)ccc1Cl)CN1CCC2(CC1)OCc1ccccc12. The number of carbonyl (C=O) groups is 1. The van der Waals surface area contributed by atoms with Crippen LogP contribution in [0.2, 0.25) is 5.02 Å². The third kappa shape index (κ3) is 5.35. The fourth-order valence-corrected chi connectivity index (χ4v) is 5.34. The smallest absolute Gasteiger partial charge is 0.227 e. The predicted molar refractivity (Wildman–Crippen MR) is 128 cm³/mol. The molecule has 2 aromatic carbocycles. The van der Waals surface area contributed by atoms with Crippen molar-refractivity contribution in [2.24, 2.45) is 5.92 Å². The Morgan fingerprint density at radius 2 is 2.00 bits per heavy atom. The molecule has 0 aliphatic carbocycles. The summed E-state index contributed by atoms with van der Waals surface area (Å²) in [7, 11) is 1.78. The van der Waals surface area contributed by atoms with Crippen molar-refractivity contribution < 1.29 is 19.7 Å². The normalized spacial score (nSPS) is 18.3. The molecule has 2 heterocycles. The number of fused-ring (bicyclic) bond motifs is 2. The topological polar surface area (TPSA) is 73.2 Å². The highest BCUT2D eigenvalue weighted by Gasteiger charge is 2.42. The number of aromatic hydroxyl groups is 1. The molecule has 0 bridgehead atoms. The van der Waals surface area contributed by atoms with E-state index >= 15 is 0 Å². The Balaban J connectivity index is 1.46. The second-order valence-corrected chi connectivity index (χ2v) is 9.66. The largest absolute Gasteiger partial charge is 0.508 e. The van der Waals surface area contributed by atoms with E-state index in [1.807, 2.05) is 0 Å². The number of amides is 1. The summed E-state index contributed by atoms with van der Waals surface area (Å²) < 4.78 is 6.29. The van der Waals surface area contributed by atoms with Crippen LogP contribution in [0.1, 0.15) is 36.0 Å². The zero-order valence-electron chi connectivity index (χ0n) is 19.2. The van der Waals surface area contributed by atoms with Crippen LogP contribution in [0.5, 0.6) is 5.75 Å². The molecule has 1 unspecified atom stereocenters. The van der Waals surface area contributed by atoms with Crippen LogP contribution >= 0.6 is 11.6 Å². The maximum Gasteiger partial charge on any atom is 0.227 e. The van der Waals surface area contributed by atoms with Gasteiger partial charge < -0.3 is 24.7 Å². The monoisotopic (exact) mass is 472 g/mol. The van der Waals surface area contributed by atoms with Crippen LogP contribution in [-0.2, 0) is 28.2 Å². The molecule has 1 amide bonds. The van der Waals surface area contributed by atoms with Crippen LogP contribution in [0.3, 0.4) is 0 Å². The molecule has 1 spiro atoms. The molecule has 0 aromatic heterocycles. The van der Waals surface area contributed by atoms with Crippen LogP contribution in [0.15, 0.2) is 42.5 Å². The molecule has 178 valence electrons. The van der Waals surface area contributed by atoms with Gasteiger partial charge in [-0.25, -0.2) is 0 Å². The quantitative estimate of drug-likeness (QED) is 0.614. The second kappa shape index (κ2) is 10.4. The number of nitrogens with zero attached hydrogens (tertiary/aromatic N) is 2. The zero-order valence-corrected chi connectivity index (χ0v) is 19.9. The third-order valence-corrected chi connectivity index (χ3v) is 7.40. The van der Waals surface area contributed by atoms with Gasteiger partial charge in [-0.15, -0.1) is 0 Å². The first-order chi connectivity index (χ1) is 15.9. The number of benzene rings is 2. The molecule has 2 N–H and O–H groups in total. The summed E-state index contributed by atoms with van der Waals surface area (Å²) in [6.45, 7) is 3.55. The number of carbonyl (C=O) groups excluding carboxylic acids is 1. The number of rotatable bonds is 8. The summed E-state index contributed by atoms with van der Waals surface area (Å²) in [6.07, 6.45) is 2.80. The molecule has 6 nitrogen and oxygen atoms in total. The number of phenolic OH excluding ortho intramolecular Hbond substituents is 1. The summed E-state index contributed by atoms with van der Waals surface area (Å²) in [5, 5.41) is 19.6. The summed E-state index contributed by atoms with van der Waals surface area (Å²) >= 11 is 6.38. The lowest BCUT2D eigenvalue weighted by Crippen LogP contribution is -2.47. The van der Waals surface area contributed by atoms with Crippen LogP contribution in [0, 0.1) is 5.92 Å². The highest BCUT2D eigenvalue weighted by Crippen LogP contribution is 2.44. The lowest BCUT2D eigenvalue weighted by atomic mass is 9.83. The highest BCUT2D eigenvalue weighted by atomic mass is 35.5. The van der Waals surface area contributed by atoms with Crippen LogP contribution in [-0.4, -0.2) is 65.8 Å². The number of hydrogen-bond acceptors (Lipinski definition) is 5. The Bertz CT molecular complexity index is 975. The van der Waals surface area contributed by atoms with E-state index in [1.165, 1.54) is 11.1 Å². The van der Waals surface area contributed by atoms with Gasteiger partial charge in [-0.2, -0.15) is 0 Å². The molecule has 33 heavy (non-hydrogen) atoms. The molecule has 0 radical (unpaired) electrons. The molecular weight excluding hydrogens is 440 g/mol. The minimum Gasteiger partial charge on any atom is -0.508 e. The van der Waals surface area contributed by atoms with E-state index < -0.39 is 0 Å². The van der Waals surface area contributed by atoms with Gasteiger partial charge in [0, 0.05) is 44.9 Å². The van der Waals surface area contributed by atoms with Crippen molar-refractivity contribution in [2.75, 3.05) is 39.8 Å². The number of ether oxygens (including phenoxy) is 1. The van der Waals surface area contributed by atoms with Crippen LogP contribution in [0.4, 0.5) is 0 Å². The number of aliphatic hydroxyl groups excluding tert-OH is 1. The Labute approximate surface area is 200 Å². The van der Waals surface area contributed by atoms with E-state index in [0.717, 1.165) is 31.5 Å². The molecule has 2 aliphatic rings. The van der Waals surface area contributed by atoms with Crippen molar-refractivity contribution in [1.29, 1.82) is 0 Å². The molecule has 0 saturated carbocycles. The maximum atomic E-state index is 13.3. The molecule has 2 aromatic rings. The molecule has 2 aliphatic heterocycles. The van der Waals surface area contributed by atoms with Gasteiger partial charge in [-0.3, -0.25) is 4.79 Å². The molecule has 1 atom stereocenters. The number of halogens is 1. The fraction of sp³-hybridized carbons (Fsp3) is 0.500. The number of likely N-dealkylation sites (tertiary alicyclic amines) is 1. The van der Waals surface area contributed by atoms with Crippen molar-refractivity contribution in [3.63, 3.8) is 0 Å². The van der Waals surface area contributed by atoms with E-state index in [2.05, 4.69) is 29.2 Å². The molecule has 7 heteroatoms. The van der Waals surface area contributed by atoms with Crippen molar-refractivity contribution >= 4 is 17.5 Å². The second-order valence-electron chi connectivity index (χ2n) is 9.25. The third-order valence-electron chi connectivity index (χ3n) is 7.03. The van der Waals surface area contributed by atoms with Gasteiger partial charge in [0.05, 0.1) is 18.1 Å². The maximum absolute atomic E-state index is 13.3. The molecule has 4 rings (SSSR count). The predicted octanol–water partition coefficient (Wildman–Crippen LogP) is 3.57. The van der Waals surface area contributed by atoms with Gasteiger partial charge in [-0.05, 0) is 60.6 Å². The Kier molecular flexibility index (Phi) is 7.59. The molecule has 1 fully saturated rings. The number of phenols is 1. The van der Waals surface area contributed by atoms with E-state index in [9.17, 15) is 9.90 Å². The van der Waals surface area contributed by atoms with Gasteiger partial charge >= 0.3 is 0 Å². The zero-order chi connectivity index (χ0) is 23.4. The first-order valence-corrected chi connectivity index (χ1v) is 12.1. The average molecular weight is 473 g/mol. The molecule has 1 saturated heterocycles. The van der Waals surface area contributed by atoms with Gasteiger partial charge in [-0.1, -0.05) is 35.9 Å². The Morgan fingerprint density at radius 1 is 1.24 bits per heavy atom. The van der Waals surface area contributed by atoms with Crippen LogP contribution in [0.25, 0.3) is 0 Å².